The van der Waals surface area contributed by atoms with Crippen LogP contribution >= 0.6 is 0 Å². The van der Waals surface area contributed by atoms with Gasteiger partial charge >= 0.3 is 6.09 Å². The second kappa shape index (κ2) is 8.70. The van der Waals surface area contributed by atoms with Crippen LogP contribution in [0.2, 0.25) is 0 Å². The van der Waals surface area contributed by atoms with Crippen LogP contribution in [0.4, 0.5) is 4.79 Å². The van der Waals surface area contributed by atoms with Gasteiger partial charge in [-0.3, -0.25) is 9.59 Å². The molecule has 26 heavy (non-hydrogen) atoms. The summed E-state index contributed by atoms with van der Waals surface area (Å²) in [6.45, 7) is 6.19. The lowest BCUT2D eigenvalue weighted by Gasteiger charge is -2.38. The Kier molecular flexibility index (Phi) is 6.34. The van der Waals surface area contributed by atoms with E-state index in [2.05, 4.69) is 0 Å². The van der Waals surface area contributed by atoms with Gasteiger partial charge in [0.05, 0.1) is 6.61 Å². The minimum absolute atomic E-state index is 0.0299. The van der Waals surface area contributed by atoms with Crippen molar-refractivity contribution in [1.82, 2.24) is 14.7 Å². The van der Waals surface area contributed by atoms with Gasteiger partial charge in [-0.15, -0.1) is 0 Å². The molecule has 1 atom stereocenters. The molecule has 1 unspecified atom stereocenters. The minimum atomic E-state index is -0.305. The van der Waals surface area contributed by atoms with E-state index in [1.165, 1.54) is 0 Å². The third-order valence-electron chi connectivity index (χ3n) is 5.48. The highest BCUT2D eigenvalue weighted by atomic mass is 16.6. The Hall–Kier alpha value is -1.83. The number of amides is 3. The molecule has 8 heteroatoms. The smallest absolute Gasteiger partial charge is 0.409 e. The van der Waals surface area contributed by atoms with Crippen molar-refractivity contribution in [1.29, 1.82) is 0 Å². The zero-order chi connectivity index (χ0) is 18.5. The van der Waals surface area contributed by atoms with Crippen LogP contribution in [0, 0.1) is 5.92 Å². The Morgan fingerprint density at radius 2 is 1.50 bits per heavy atom. The molecule has 0 N–H and O–H groups in total. The van der Waals surface area contributed by atoms with Crippen molar-refractivity contribution in [3.8, 4) is 0 Å². The van der Waals surface area contributed by atoms with Crippen molar-refractivity contribution in [2.24, 2.45) is 5.92 Å². The van der Waals surface area contributed by atoms with Crippen LogP contribution in [0.5, 0.6) is 0 Å². The molecule has 0 aromatic heterocycles. The molecule has 3 aliphatic heterocycles. The van der Waals surface area contributed by atoms with E-state index < -0.39 is 0 Å². The molecule has 8 nitrogen and oxygen atoms in total. The summed E-state index contributed by atoms with van der Waals surface area (Å²) in [6.07, 6.45) is 2.58. The van der Waals surface area contributed by atoms with Crippen LogP contribution in [-0.4, -0.2) is 91.2 Å². The minimum Gasteiger partial charge on any atom is -0.450 e. The van der Waals surface area contributed by atoms with E-state index >= 15 is 0 Å². The van der Waals surface area contributed by atoms with Crippen molar-refractivity contribution >= 4 is 17.9 Å². The van der Waals surface area contributed by atoms with Gasteiger partial charge in [0.15, 0.2) is 0 Å². The maximum atomic E-state index is 12.8. The third kappa shape index (κ3) is 4.28. The largest absolute Gasteiger partial charge is 0.450 e. The van der Waals surface area contributed by atoms with Crippen LogP contribution in [0.3, 0.4) is 0 Å². The molecule has 0 aliphatic carbocycles. The molecule has 0 spiro atoms. The first-order chi connectivity index (χ1) is 12.6. The summed E-state index contributed by atoms with van der Waals surface area (Å²) in [4.78, 5) is 42.2. The number of piperazine rings is 1. The van der Waals surface area contributed by atoms with Gasteiger partial charge in [0, 0.05) is 51.8 Å². The van der Waals surface area contributed by atoms with Gasteiger partial charge < -0.3 is 24.2 Å². The summed E-state index contributed by atoms with van der Waals surface area (Å²) in [5, 5.41) is 0. The van der Waals surface area contributed by atoms with Gasteiger partial charge in [-0.2, -0.15) is 0 Å². The molecule has 0 aromatic rings. The average Bonchev–Trinajstić information content (AvgIpc) is 3.22. The maximum absolute atomic E-state index is 12.8. The average molecular weight is 367 g/mol. The van der Waals surface area contributed by atoms with Gasteiger partial charge in [0.2, 0.25) is 5.91 Å². The molecule has 3 fully saturated rings. The molecular weight excluding hydrogens is 338 g/mol. The zero-order valence-corrected chi connectivity index (χ0v) is 15.5. The van der Waals surface area contributed by atoms with E-state index in [1.54, 1.807) is 11.8 Å². The Labute approximate surface area is 154 Å². The van der Waals surface area contributed by atoms with E-state index in [9.17, 15) is 14.4 Å². The lowest BCUT2D eigenvalue weighted by atomic mass is 9.94. The molecule has 3 rings (SSSR count). The van der Waals surface area contributed by atoms with Crippen molar-refractivity contribution in [2.75, 3.05) is 52.5 Å². The monoisotopic (exact) mass is 367 g/mol. The molecule has 3 saturated heterocycles. The second-order valence-electron chi connectivity index (χ2n) is 7.11. The predicted molar refractivity (Wildman–Crippen MR) is 93.5 cm³/mol. The number of hydrogen-bond donors (Lipinski definition) is 0. The highest BCUT2D eigenvalue weighted by Gasteiger charge is 2.35. The molecule has 0 radical (unpaired) electrons. The Bertz CT molecular complexity index is 519. The highest BCUT2D eigenvalue weighted by molar-refractivity contribution is 5.82. The van der Waals surface area contributed by atoms with Crippen LogP contribution in [0.15, 0.2) is 0 Å². The fraction of sp³-hybridized carbons (Fsp3) is 0.833. The Morgan fingerprint density at radius 1 is 0.885 bits per heavy atom. The van der Waals surface area contributed by atoms with Crippen molar-refractivity contribution in [3.63, 3.8) is 0 Å². The summed E-state index contributed by atoms with van der Waals surface area (Å²) < 4.78 is 10.5. The first-order valence-corrected chi connectivity index (χ1v) is 9.71. The summed E-state index contributed by atoms with van der Waals surface area (Å²) >= 11 is 0. The zero-order valence-electron chi connectivity index (χ0n) is 15.5. The van der Waals surface area contributed by atoms with Gasteiger partial charge in [-0.25, -0.2) is 4.79 Å². The Balaban J connectivity index is 1.42. The topological polar surface area (TPSA) is 79.4 Å². The second-order valence-corrected chi connectivity index (χ2v) is 7.11. The number of rotatable bonds is 3. The first-order valence-electron chi connectivity index (χ1n) is 9.71. The normalized spacial score (nSPS) is 24.7. The fourth-order valence-corrected chi connectivity index (χ4v) is 3.91. The molecule has 146 valence electrons. The maximum Gasteiger partial charge on any atom is 0.409 e. The number of nitrogens with zero attached hydrogens (tertiary/aromatic N) is 3. The SMILES string of the molecule is CCOC(=O)N1CCN(C(=O)C2CCN(C(=O)C3CCCO3)CC2)CC1. The number of hydrogen-bond acceptors (Lipinski definition) is 5. The van der Waals surface area contributed by atoms with Crippen LogP contribution in [-0.2, 0) is 19.1 Å². The van der Waals surface area contributed by atoms with Gasteiger partial charge in [0.25, 0.3) is 5.91 Å². The standard InChI is InChI=1S/C18H29N3O5/c1-2-25-18(24)21-11-9-20(10-12-21)16(22)14-5-7-19(8-6-14)17(23)15-4-3-13-26-15/h14-15H,2-13H2,1H3. The molecule has 0 bridgehead atoms. The van der Waals surface area contributed by atoms with E-state index in [0.29, 0.717) is 65.3 Å². The summed E-state index contributed by atoms with van der Waals surface area (Å²) in [6, 6.07) is 0. The van der Waals surface area contributed by atoms with Gasteiger partial charge in [-0.05, 0) is 32.6 Å². The van der Waals surface area contributed by atoms with Crippen molar-refractivity contribution < 1.29 is 23.9 Å². The molecule has 3 amide bonds. The molecule has 0 aromatic carbocycles. The summed E-state index contributed by atoms with van der Waals surface area (Å²) in [7, 11) is 0. The first kappa shape index (κ1) is 18.9. The number of carbonyl (C=O) groups is 3. The number of likely N-dealkylation sites (tertiary alicyclic amines) is 1. The number of ether oxygens (including phenoxy) is 2. The van der Waals surface area contributed by atoms with Crippen molar-refractivity contribution in [2.45, 2.75) is 38.7 Å². The molecule has 3 aliphatic rings. The van der Waals surface area contributed by atoms with E-state index in [4.69, 9.17) is 9.47 Å². The van der Waals surface area contributed by atoms with Crippen LogP contribution in [0.25, 0.3) is 0 Å². The number of carbonyl (C=O) groups excluding carboxylic acids is 3. The van der Waals surface area contributed by atoms with Crippen LogP contribution < -0.4 is 0 Å². The summed E-state index contributed by atoms with van der Waals surface area (Å²) in [5.74, 6) is 0.201. The van der Waals surface area contributed by atoms with E-state index in [1.807, 2.05) is 9.80 Å². The Morgan fingerprint density at radius 3 is 2.08 bits per heavy atom. The van der Waals surface area contributed by atoms with E-state index in [0.717, 1.165) is 12.8 Å². The van der Waals surface area contributed by atoms with E-state index in [-0.39, 0.29) is 29.9 Å². The summed E-state index contributed by atoms with van der Waals surface area (Å²) in [5.41, 5.74) is 0. The molecular formula is C18H29N3O5. The lowest BCUT2D eigenvalue weighted by molar-refractivity contribution is -0.146. The molecule has 3 heterocycles. The van der Waals surface area contributed by atoms with Crippen molar-refractivity contribution in [3.05, 3.63) is 0 Å². The fourth-order valence-electron chi connectivity index (χ4n) is 3.91. The van der Waals surface area contributed by atoms with Crippen LogP contribution in [0.1, 0.15) is 32.6 Å². The quantitative estimate of drug-likeness (QED) is 0.734. The lowest BCUT2D eigenvalue weighted by Crippen LogP contribution is -2.53. The highest BCUT2D eigenvalue weighted by Crippen LogP contribution is 2.23. The molecule has 0 saturated carbocycles. The van der Waals surface area contributed by atoms with Gasteiger partial charge in [-0.1, -0.05) is 0 Å². The van der Waals surface area contributed by atoms with Gasteiger partial charge in [0.1, 0.15) is 6.10 Å². The third-order valence-corrected chi connectivity index (χ3v) is 5.48. The predicted octanol–water partition coefficient (Wildman–Crippen LogP) is 0.705. The number of piperidine rings is 1.